The highest BCUT2D eigenvalue weighted by Gasteiger charge is 2.34. The average molecular weight is 258 g/mol. The van der Waals surface area contributed by atoms with Gasteiger partial charge in [-0.25, -0.2) is 0 Å². The summed E-state index contributed by atoms with van der Waals surface area (Å²) in [5.74, 6) is -0.157. The Morgan fingerprint density at radius 2 is 2.22 bits per heavy atom. The molecule has 5 nitrogen and oxygen atoms in total. The predicted octanol–water partition coefficient (Wildman–Crippen LogP) is 0.325. The molecule has 1 rings (SSSR count). The van der Waals surface area contributed by atoms with Crippen molar-refractivity contribution in [2.45, 2.75) is 44.9 Å². The molecule has 3 unspecified atom stereocenters. The Kier molecular flexibility index (Phi) is 6.05. The summed E-state index contributed by atoms with van der Waals surface area (Å²) in [6.07, 6.45) is 0.898. The number of likely N-dealkylation sites (tertiary alicyclic amines) is 1. The van der Waals surface area contributed by atoms with Crippen LogP contribution < -0.4 is 0 Å². The molecular formula is C13H26N2O3. The molecule has 0 radical (unpaired) electrons. The number of hydrogen-bond acceptors (Lipinski definition) is 5. The normalized spacial score (nSPS) is 26.6. The zero-order valence-electron chi connectivity index (χ0n) is 11.9. The second-order valence-corrected chi connectivity index (χ2v) is 5.36. The highest BCUT2D eigenvalue weighted by molar-refractivity contribution is 5.70. The van der Waals surface area contributed by atoms with Gasteiger partial charge in [-0.1, -0.05) is 0 Å². The molecule has 0 bridgehead atoms. The van der Waals surface area contributed by atoms with Crippen LogP contribution in [0.2, 0.25) is 0 Å². The molecule has 1 fully saturated rings. The molecule has 1 aliphatic rings. The quantitative estimate of drug-likeness (QED) is 0.696. The van der Waals surface area contributed by atoms with Crippen LogP contribution >= 0.6 is 0 Å². The summed E-state index contributed by atoms with van der Waals surface area (Å²) in [4.78, 5) is 15.8. The van der Waals surface area contributed by atoms with E-state index in [1.807, 2.05) is 27.9 Å². The first-order chi connectivity index (χ1) is 8.43. The standard InChI is InChI=1S/C13H26N2O3/c1-5-18-13(17)6-10(2)15-9-12(16)7-11(15)8-14(3)4/h10-12,16H,5-9H2,1-4H3. The minimum atomic E-state index is -0.278. The first-order valence-corrected chi connectivity index (χ1v) is 6.68. The Balaban J connectivity index is 2.53. The maximum absolute atomic E-state index is 11.5. The average Bonchev–Trinajstić information content (AvgIpc) is 2.58. The van der Waals surface area contributed by atoms with Gasteiger partial charge in [-0.3, -0.25) is 9.69 Å². The lowest BCUT2D eigenvalue weighted by molar-refractivity contribution is -0.144. The summed E-state index contributed by atoms with van der Waals surface area (Å²) in [6, 6.07) is 0.436. The van der Waals surface area contributed by atoms with E-state index in [1.165, 1.54) is 0 Å². The van der Waals surface area contributed by atoms with Crippen LogP contribution in [0, 0.1) is 0 Å². The lowest BCUT2D eigenvalue weighted by Gasteiger charge is -2.31. The number of likely N-dealkylation sites (N-methyl/N-ethyl adjacent to an activating group) is 1. The van der Waals surface area contributed by atoms with E-state index in [4.69, 9.17) is 4.74 Å². The highest BCUT2D eigenvalue weighted by Crippen LogP contribution is 2.22. The SMILES string of the molecule is CCOC(=O)CC(C)N1CC(O)CC1CN(C)C. The van der Waals surface area contributed by atoms with Crippen LogP contribution in [0.3, 0.4) is 0 Å². The van der Waals surface area contributed by atoms with Crippen molar-refractivity contribution in [2.75, 3.05) is 33.8 Å². The van der Waals surface area contributed by atoms with Crippen LogP contribution in [0.15, 0.2) is 0 Å². The first kappa shape index (κ1) is 15.4. The van der Waals surface area contributed by atoms with Gasteiger partial charge in [0, 0.05) is 25.2 Å². The number of nitrogens with zero attached hydrogens (tertiary/aromatic N) is 2. The van der Waals surface area contributed by atoms with Crippen molar-refractivity contribution in [2.24, 2.45) is 0 Å². The van der Waals surface area contributed by atoms with E-state index in [2.05, 4.69) is 9.80 Å². The van der Waals surface area contributed by atoms with Crippen molar-refractivity contribution in [3.63, 3.8) is 0 Å². The molecule has 3 atom stereocenters. The molecule has 1 N–H and O–H groups in total. The molecule has 106 valence electrons. The third kappa shape index (κ3) is 4.55. The van der Waals surface area contributed by atoms with Gasteiger partial charge in [0.25, 0.3) is 0 Å². The van der Waals surface area contributed by atoms with Crippen LogP contribution in [0.1, 0.15) is 26.7 Å². The summed E-state index contributed by atoms with van der Waals surface area (Å²) < 4.78 is 4.98. The van der Waals surface area contributed by atoms with Crippen molar-refractivity contribution in [3.05, 3.63) is 0 Å². The van der Waals surface area contributed by atoms with Gasteiger partial charge in [-0.05, 0) is 34.4 Å². The van der Waals surface area contributed by atoms with E-state index in [1.54, 1.807) is 0 Å². The number of β-amino-alcohol motifs (C(OH)–C–C–N with tert-alkyl or cyclic N) is 1. The van der Waals surface area contributed by atoms with Crippen LogP contribution in [0.5, 0.6) is 0 Å². The van der Waals surface area contributed by atoms with Crippen molar-refractivity contribution >= 4 is 5.97 Å². The van der Waals surface area contributed by atoms with Crippen LogP contribution in [0.4, 0.5) is 0 Å². The molecule has 0 aliphatic carbocycles. The summed E-state index contributed by atoms with van der Waals surface area (Å²) in [6.45, 7) is 5.83. The van der Waals surface area contributed by atoms with E-state index < -0.39 is 0 Å². The Hall–Kier alpha value is -0.650. The van der Waals surface area contributed by atoms with Crippen LogP contribution in [-0.2, 0) is 9.53 Å². The number of esters is 1. The van der Waals surface area contributed by atoms with Crippen molar-refractivity contribution in [1.29, 1.82) is 0 Å². The smallest absolute Gasteiger partial charge is 0.307 e. The lowest BCUT2D eigenvalue weighted by atomic mass is 10.1. The number of aliphatic hydroxyl groups is 1. The molecule has 18 heavy (non-hydrogen) atoms. The van der Waals surface area contributed by atoms with E-state index in [0.29, 0.717) is 25.6 Å². The van der Waals surface area contributed by atoms with Gasteiger partial charge in [0.2, 0.25) is 0 Å². The second-order valence-electron chi connectivity index (χ2n) is 5.36. The molecule has 0 amide bonds. The number of ether oxygens (including phenoxy) is 1. The van der Waals surface area contributed by atoms with Crippen LogP contribution in [0.25, 0.3) is 0 Å². The first-order valence-electron chi connectivity index (χ1n) is 6.68. The Labute approximate surface area is 110 Å². The van der Waals surface area contributed by atoms with E-state index in [0.717, 1.165) is 13.0 Å². The number of rotatable bonds is 6. The van der Waals surface area contributed by atoms with Crippen LogP contribution in [-0.4, -0.2) is 72.9 Å². The third-order valence-corrected chi connectivity index (χ3v) is 3.34. The molecule has 1 heterocycles. The molecule has 0 spiro atoms. The zero-order chi connectivity index (χ0) is 13.7. The number of carbonyl (C=O) groups excluding carboxylic acids is 1. The van der Waals surface area contributed by atoms with Gasteiger partial charge < -0.3 is 14.7 Å². The summed E-state index contributed by atoms with van der Waals surface area (Å²) in [5.41, 5.74) is 0. The number of hydrogen-bond donors (Lipinski definition) is 1. The molecule has 0 aromatic rings. The van der Waals surface area contributed by atoms with E-state index in [-0.39, 0.29) is 18.1 Å². The monoisotopic (exact) mass is 258 g/mol. The fraction of sp³-hybridized carbons (Fsp3) is 0.923. The fourth-order valence-corrected chi connectivity index (χ4v) is 2.64. The summed E-state index contributed by atoms with van der Waals surface area (Å²) >= 11 is 0. The van der Waals surface area contributed by atoms with Gasteiger partial charge in [-0.2, -0.15) is 0 Å². The van der Waals surface area contributed by atoms with E-state index >= 15 is 0 Å². The molecule has 1 saturated heterocycles. The zero-order valence-corrected chi connectivity index (χ0v) is 11.9. The van der Waals surface area contributed by atoms with Crippen molar-refractivity contribution in [3.8, 4) is 0 Å². The topological polar surface area (TPSA) is 53.0 Å². The van der Waals surface area contributed by atoms with Crippen molar-refractivity contribution in [1.82, 2.24) is 9.80 Å². The minimum Gasteiger partial charge on any atom is -0.466 e. The van der Waals surface area contributed by atoms with Crippen molar-refractivity contribution < 1.29 is 14.6 Å². The minimum absolute atomic E-state index is 0.117. The maximum atomic E-state index is 11.5. The summed E-state index contributed by atoms with van der Waals surface area (Å²) in [5, 5.41) is 9.79. The molecule has 5 heteroatoms. The highest BCUT2D eigenvalue weighted by atomic mass is 16.5. The molecule has 0 aromatic heterocycles. The molecule has 0 saturated carbocycles. The summed E-state index contributed by atoms with van der Waals surface area (Å²) in [7, 11) is 4.05. The number of carbonyl (C=O) groups is 1. The molecule has 0 aromatic carbocycles. The van der Waals surface area contributed by atoms with Gasteiger partial charge in [0.1, 0.15) is 0 Å². The predicted molar refractivity (Wildman–Crippen MR) is 70.4 cm³/mol. The fourth-order valence-electron chi connectivity index (χ4n) is 2.64. The Morgan fingerprint density at radius 1 is 1.56 bits per heavy atom. The second kappa shape index (κ2) is 7.07. The third-order valence-electron chi connectivity index (χ3n) is 3.34. The molecule has 1 aliphatic heterocycles. The van der Waals surface area contributed by atoms with Gasteiger partial charge in [0.15, 0.2) is 0 Å². The Morgan fingerprint density at radius 3 is 2.78 bits per heavy atom. The Bertz CT molecular complexity index is 271. The van der Waals surface area contributed by atoms with E-state index in [9.17, 15) is 9.90 Å². The van der Waals surface area contributed by atoms with Gasteiger partial charge in [-0.15, -0.1) is 0 Å². The van der Waals surface area contributed by atoms with Gasteiger partial charge in [0.05, 0.1) is 19.1 Å². The molecular weight excluding hydrogens is 232 g/mol. The number of aliphatic hydroxyl groups excluding tert-OH is 1. The van der Waals surface area contributed by atoms with Gasteiger partial charge >= 0.3 is 5.97 Å². The largest absolute Gasteiger partial charge is 0.466 e. The maximum Gasteiger partial charge on any atom is 0.307 e. The lowest BCUT2D eigenvalue weighted by Crippen LogP contribution is -2.43.